The lowest BCUT2D eigenvalue weighted by molar-refractivity contribution is 0.146. The lowest BCUT2D eigenvalue weighted by Gasteiger charge is -2.48. The van der Waals surface area contributed by atoms with Crippen molar-refractivity contribution in [1.29, 1.82) is 0 Å². The molecule has 4 unspecified atom stereocenters. The first kappa shape index (κ1) is 18.1. The molecule has 2 amide bonds. The zero-order chi connectivity index (χ0) is 18.6. The summed E-state index contributed by atoms with van der Waals surface area (Å²) in [5, 5.41) is 6.16. The zero-order valence-corrected chi connectivity index (χ0v) is 15.7. The first-order valence-electron chi connectivity index (χ1n) is 10.1. The predicted octanol–water partition coefficient (Wildman–Crippen LogP) is 3.36. The second-order valence-electron chi connectivity index (χ2n) is 7.99. The number of carbonyl (C=O) groups is 1. The summed E-state index contributed by atoms with van der Waals surface area (Å²) >= 11 is 0. The van der Waals surface area contributed by atoms with Crippen molar-refractivity contribution in [3.63, 3.8) is 0 Å². The predicted molar refractivity (Wildman–Crippen MR) is 109 cm³/mol. The van der Waals surface area contributed by atoms with E-state index >= 15 is 0 Å². The third kappa shape index (κ3) is 4.16. The molecule has 4 rings (SSSR count). The minimum Gasteiger partial charge on any atom is -0.338 e. The molecule has 0 saturated heterocycles. The van der Waals surface area contributed by atoms with Crippen LogP contribution in [0.1, 0.15) is 41.9 Å². The number of rotatable bonds is 6. The fourth-order valence-corrected chi connectivity index (χ4v) is 4.69. The number of hydrogen-bond donors (Lipinski definition) is 3. The Morgan fingerprint density at radius 2 is 1.89 bits per heavy atom. The van der Waals surface area contributed by atoms with Crippen LogP contribution in [0.4, 0.5) is 4.79 Å². The van der Waals surface area contributed by atoms with Crippen molar-refractivity contribution in [2.75, 3.05) is 6.54 Å². The van der Waals surface area contributed by atoms with E-state index in [-0.39, 0.29) is 12.1 Å². The Kier molecular flexibility index (Phi) is 5.44. The minimum atomic E-state index is -0.0516. The quantitative estimate of drug-likeness (QED) is 0.737. The summed E-state index contributed by atoms with van der Waals surface area (Å²) < 4.78 is 0. The number of amides is 2. The van der Waals surface area contributed by atoms with Crippen LogP contribution in [0.5, 0.6) is 0 Å². The fraction of sp³-hybridized carbons (Fsp3) is 0.435. The molecule has 4 nitrogen and oxygen atoms in total. The van der Waals surface area contributed by atoms with Gasteiger partial charge in [0.15, 0.2) is 0 Å². The Bertz CT molecular complexity index is 776. The monoisotopic (exact) mass is 363 g/mol. The van der Waals surface area contributed by atoms with Gasteiger partial charge in [-0.2, -0.15) is 0 Å². The van der Waals surface area contributed by atoms with Crippen molar-refractivity contribution < 1.29 is 4.79 Å². The second-order valence-corrected chi connectivity index (χ2v) is 7.99. The fourth-order valence-electron chi connectivity index (χ4n) is 4.69. The molecule has 4 atom stereocenters. The highest BCUT2D eigenvalue weighted by Crippen LogP contribution is 2.49. The molecule has 2 aliphatic carbocycles. The molecule has 4 heteroatoms. The maximum Gasteiger partial charge on any atom is 0.315 e. The maximum absolute atomic E-state index is 12.2. The van der Waals surface area contributed by atoms with Crippen LogP contribution in [0.3, 0.4) is 0 Å². The van der Waals surface area contributed by atoms with Crippen LogP contribution < -0.4 is 16.4 Å². The lowest BCUT2D eigenvalue weighted by atomic mass is 9.60. The number of urea groups is 1. The van der Waals surface area contributed by atoms with E-state index in [0.717, 1.165) is 25.7 Å². The maximum atomic E-state index is 12.2. The van der Waals surface area contributed by atoms with E-state index in [1.54, 1.807) is 0 Å². The molecule has 2 aliphatic rings. The van der Waals surface area contributed by atoms with Crippen molar-refractivity contribution in [2.45, 2.75) is 50.1 Å². The first-order chi connectivity index (χ1) is 13.2. The zero-order valence-electron chi connectivity index (χ0n) is 15.7. The Morgan fingerprint density at radius 1 is 1.11 bits per heavy atom. The molecule has 2 aromatic carbocycles. The Morgan fingerprint density at radius 3 is 2.74 bits per heavy atom. The number of fused-ring (bicyclic) bond motifs is 3. The van der Waals surface area contributed by atoms with Crippen LogP contribution >= 0.6 is 0 Å². The topological polar surface area (TPSA) is 67.1 Å². The van der Waals surface area contributed by atoms with Crippen LogP contribution in [-0.4, -0.2) is 24.7 Å². The number of aryl methyl sites for hydroxylation is 1. The molecule has 0 heterocycles. The Balaban J connectivity index is 1.18. The highest BCUT2D eigenvalue weighted by atomic mass is 16.2. The third-order valence-electron chi connectivity index (χ3n) is 6.20. The Labute approximate surface area is 161 Å². The van der Waals surface area contributed by atoms with E-state index < -0.39 is 0 Å². The molecule has 0 radical (unpaired) electrons. The standard InChI is InChI=1S/C23H29N3O/c24-18(14-16-6-2-1-3-7-16)12-13-25-23(27)26-22-15-21-19-9-5-4-8-17(19)10-11-20(21)22/h1-9,18,20-22H,10-15,24H2,(H2,25,26,27). The van der Waals surface area contributed by atoms with Gasteiger partial charge in [-0.3, -0.25) is 0 Å². The Hall–Kier alpha value is -2.33. The average Bonchev–Trinajstić information content (AvgIpc) is 2.66. The highest BCUT2D eigenvalue weighted by molar-refractivity contribution is 5.74. The number of hydrogen-bond acceptors (Lipinski definition) is 2. The number of benzene rings is 2. The largest absolute Gasteiger partial charge is 0.338 e. The van der Waals surface area contributed by atoms with E-state index in [2.05, 4.69) is 47.0 Å². The molecule has 27 heavy (non-hydrogen) atoms. The van der Waals surface area contributed by atoms with Gasteiger partial charge in [0.1, 0.15) is 0 Å². The van der Waals surface area contributed by atoms with E-state index in [1.165, 1.54) is 23.1 Å². The molecule has 0 spiro atoms. The van der Waals surface area contributed by atoms with Crippen LogP contribution in [0.25, 0.3) is 0 Å². The summed E-state index contributed by atoms with van der Waals surface area (Å²) in [5.74, 6) is 1.21. The van der Waals surface area contributed by atoms with Crippen LogP contribution in [0.2, 0.25) is 0 Å². The van der Waals surface area contributed by atoms with E-state index in [9.17, 15) is 4.79 Å². The van der Waals surface area contributed by atoms with Gasteiger partial charge in [-0.15, -0.1) is 0 Å². The van der Waals surface area contributed by atoms with E-state index in [1.807, 2.05) is 18.2 Å². The van der Waals surface area contributed by atoms with Crippen LogP contribution in [0.15, 0.2) is 54.6 Å². The molecular formula is C23H29N3O. The molecule has 0 aromatic heterocycles. The highest BCUT2D eigenvalue weighted by Gasteiger charge is 2.44. The van der Waals surface area contributed by atoms with Gasteiger partial charge in [0.25, 0.3) is 0 Å². The molecule has 0 aliphatic heterocycles. The summed E-state index contributed by atoms with van der Waals surface area (Å²) in [6.45, 7) is 0.615. The number of nitrogens with two attached hydrogens (primary N) is 1. The summed E-state index contributed by atoms with van der Waals surface area (Å²) in [6, 6.07) is 19.3. The van der Waals surface area contributed by atoms with Gasteiger partial charge in [-0.1, -0.05) is 54.6 Å². The van der Waals surface area contributed by atoms with Gasteiger partial charge in [-0.05, 0) is 60.6 Å². The third-order valence-corrected chi connectivity index (χ3v) is 6.20. The molecule has 142 valence electrons. The average molecular weight is 364 g/mol. The number of carbonyl (C=O) groups excluding carboxylic acids is 1. The molecule has 1 saturated carbocycles. The van der Waals surface area contributed by atoms with Crippen molar-refractivity contribution in [3.8, 4) is 0 Å². The molecule has 2 aromatic rings. The summed E-state index contributed by atoms with van der Waals surface area (Å²) in [5.41, 5.74) is 10.4. The van der Waals surface area contributed by atoms with Gasteiger partial charge < -0.3 is 16.4 Å². The molecular weight excluding hydrogens is 334 g/mol. The lowest BCUT2D eigenvalue weighted by Crippen LogP contribution is -2.55. The van der Waals surface area contributed by atoms with Crippen molar-refractivity contribution >= 4 is 6.03 Å². The molecule has 1 fully saturated rings. The summed E-state index contributed by atoms with van der Waals surface area (Å²) in [6.07, 6.45) is 4.99. The smallest absolute Gasteiger partial charge is 0.315 e. The van der Waals surface area contributed by atoms with Gasteiger partial charge in [0.05, 0.1) is 0 Å². The van der Waals surface area contributed by atoms with Crippen molar-refractivity contribution in [3.05, 3.63) is 71.3 Å². The van der Waals surface area contributed by atoms with E-state index in [0.29, 0.717) is 24.4 Å². The first-order valence-corrected chi connectivity index (χ1v) is 10.1. The van der Waals surface area contributed by atoms with Gasteiger partial charge in [0.2, 0.25) is 0 Å². The van der Waals surface area contributed by atoms with Gasteiger partial charge in [0, 0.05) is 18.6 Å². The minimum absolute atomic E-state index is 0.0516. The van der Waals surface area contributed by atoms with Gasteiger partial charge in [-0.25, -0.2) is 4.79 Å². The van der Waals surface area contributed by atoms with Gasteiger partial charge >= 0.3 is 6.03 Å². The summed E-state index contributed by atoms with van der Waals surface area (Å²) in [4.78, 5) is 12.2. The SMILES string of the molecule is NC(CCNC(=O)NC1CC2c3ccccc3CCC12)Cc1ccccc1. The number of nitrogens with one attached hydrogen (secondary N) is 2. The normalized spacial score (nSPS) is 24.1. The van der Waals surface area contributed by atoms with Crippen molar-refractivity contribution in [1.82, 2.24) is 10.6 Å². The van der Waals surface area contributed by atoms with E-state index in [4.69, 9.17) is 5.73 Å². The van der Waals surface area contributed by atoms with Crippen molar-refractivity contribution in [2.24, 2.45) is 11.7 Å². The second kappa shape index (κ2) is 8.13. The van der Waals surface area contributed by atoms with Crippen LogP contribution in [-0.2, 0) is 12.8 Å². The summed E-state index contributed by atoms with van der Waals surface area (Å²) in [7, 11) is 0. The van der Waals surface area contributed by atoms with Crippen LogP contribution in [0, 0.1) is 5.92 Å². The molecule has 0 bridgehead atoms. The molecule has 4 N–H and O–H groups in total.